The highest BCUT2D eigenvalue weighted by atomic mass is 79.9. The zero-order valence-corrected chi connectivity index (χ0v) is 14.0. The van der Waals surface area contributed by atoms with Crippen molar-refractivity contribution in [3.8, 4) is 0 Å². The number of nitrogen functional groups attached to an aromatic ring is 1. The topological polar surface area (TPSA) is 72.2 Å². The molecule has 0 spiro atoms. The van der Waals surface area contributed by atoms with Crippen molar-refractivity contribution in [2.75, 3.05) is 10.5 Å². The van der Waals surface area contributed by atoms with Crippen molar-refractivity contribution in [1.29, 1.82) is 0 Å². The number of anilines is 2. The smallest absolute Gasteiger partial charge is 0.264 e. The van der Waals surface area contributed by atoms with Gasteiger partial charge in [-0.3, -0.25) is 4.72 Å². The first-order chi connectivity index (χ1) is 9.70. The molecular weight excluding hydrogens is 383 g/mol. The number of nitrogens with one attached hydrogen (secondary N) is 1. The van der Waals surface area contributed by atoms with E-state index >= 15 is 0 Å². The fourth-order valence-corrected chi connectivity index (χ4v) is 3.91. The highest BCUT2D eigenvalue weighted by Crippen LogP contribution is 2.29. The molecule has 4 nitrogen and oxygen atoms in total. The largest absolute Gasteiger partial charge is 0.399 e. The lowest BCUT2D eigenvalue weighted by Gasteiger charge is -2.12. The van der Waals surface area contributed by atoms with Crippen LogP contribution in [0.1, 0.15) is 5.56 Å². The maximum Gasteiger partial charge on any atom is 0.264 e. The second-order valence-electron chi connectivity index (χ2n) is 4.38. The molecule has 0 aliphatic heterocycles. The Labute approximate surface area is 135 Å². The van der Waals surface area contributed by atoms with Crippen LogP contribution in [0.25, 0.3) is 0 Å². The van der Waals surface area contributed by atoms with E-state index in [1.807, 2.05) is 0 Å². The molecule has 3 N–H and O–H groups in total. The lowest BCUT2D eigenvalue weighted by atomic mass is 10.2. The van der Waals surface area contributed by atoms with Crippen molar-refractivity contribution in [1.82, 2.24) is 0 Å². The molecule has 0 heterocycles. The highest BCUT2D eigenvalue weighted by molar-refractivity contribution is 9.10. The van der Waals surface area contributed by atoms with Crippen molar-refractivity contribution in [3.05, 3.63) is 51.2 Å². The van der Waals surface area contributed by atoms with Crippen LogP contribution >= 0.6 is 27.5 Å². The van der Waals surface area contributed by atoms with E-state index in [4.69, 9.17) is 17.3 Å². The van der Waals surface area contributed by atoms with Crippen molar-refractivity contribution in [2.45, 2.75) is 11.8 Å². The molecule has 0 aliphatic carbocycles. The first-order valence-electron chi connectivity index (χ1n) is 5.74. The van der Waals surface area contributed by atoms with Gasteiger partial charge in [-0.1, -0.05) is 11.6 Å². The number of halogens is 3. The first kappa shape index (κ1) is 16.1. The first-order valence-corrected chi connectivity index (χ1v) is 8.39. The molecule has 0 atom stereocenters. The molecule has 2 aromatic carbocycles. The van der Waals surface area contributed by atoms with E-state index in [-0.39, 0.29) is 16.9 Å². The third-order valence-electron chi connectivity index (χ3n) is 2.71. The Morgan fingerprint density at radius 3 is 2.57 bits per heavy atom. The van der Waals surface area contributed by atoms with Crippen LogP contribution in [-0.2, 0) is 10.0 Å². The second kappa shape index (κ2) is 5.82. The molecule has 0 saturated heterocycles. The van der Waals surface area contributed by atoms with Crippen molar-refractivity contribution in [2.24, 2.45) is 0 Å². The lowest BCUT2D eigenvalue weighted by molar-refractivity contribution is 0.565. The fourth-order valence-electron chi connectivity index (χ4n) is 1.73. The third kappa shape index (κ3) is 3.48. The predicted molar refractivity (Wildman–Crippen MR) is 85.5 cm³/mol. The molecule has 2 rings (SSSR count). The van der Waals surface area contributed by atoms with Crippen LogP contribution in [0.15, 0.2) is 39.7 Å². The van der Waals surface area contributed by atoms with Crippen LogP contribution in [0.5, 0.6) is 0 Å². The number of hydrogen-bond donors (Lipinski definition) is 2. The van der Waals surface area contributed by atoms with Gasteiger partial charge in [-0.05, 0) is 58.7 Å². The van der Waals surface area contributed by atoms with E-state index in [0.717, 1.165) is 6.07 Å². The summed E-state index contributed by atoms with van der Waals surface area (Å²) in [5, 5.41) is 0.441. The predicted octanol–water partition coefficient (Wildman–Crippen LogP) is 3.93. The molecule has 0 fully saturated rings. The minimum atomic E-state index is -4.10. The molecule has 0 saturated carbocycles. The van der Waals surface area contributed by atoms with Gasteiger partial charge in [0.15, 0.2) is 0 Å². The van der Waals surface area contributed by atoms with Gasteiger partial charge in [-0.15, -0.1) is 0 Å². The molecule has 0 bridgehead atoms. The minimum absolute atomic E-state index is 0.158. The van der Waals surface area contributed by atoms with E-state index in [2.05, 4.69) is 20.7 Å². The van der Waals surface area contributed by atoms with Crippen LogP contribution in [0.4, 0.5) is 15.8 Å². The molecule has 0 unspecified atom stereocenters. The molecule has 0 aromatic heterocycles. The summed E-state index contributed by atoms with van der Waals surface area (Å²) in [4.78, 5) is -0.498. The standard InChI is InChI=1S/C13H11BrClFN2O2S/c1-7-4-9(17)6-12(13(7)16)21(19,20)18-11-3-2-8(15)5-10(11)14/h2-6,18H,17H2,1H3. The minimum Gasteiger partial charge on any atom is -0.399 e. The van der Waals surface area contributed by atoms with E-state index in [0.29, 0.717) is 9.50 Å². The average Bonchev–Trinajstić information content (AvgIpc) is 2.37. The van der Waals surface area contributed by atoms with Gasteiger partial charge in [0.25, 0.3) is 10.0 Å². The van der Waals surface area contributed by atoms with Gasteiger partial charge in [0.1, 0.15) is 10.7 Å². The normalized spacial score (nSPS) is 11.4. The zero-order chi connectivity index (χ0) is 15.8. The van der Waals surface area contributed by atoms with E-state index in [1.165, 1.54) is 31.2 Å². The Hall–Kier alpha value is -1.31. The van der Waals surface area contributed by atoms with Crippen molar-refractivity contribution >= 4 is 48.9 Å². The average molecular weight is 394 g/mol. The highest BCUT2D eigenvalue weighted by Gasteiger charge is 2.22. The van der Waals surface area contributed by atoms with Crippen LogP contribution in [0.2, 0.25) is 5.02 Å². The Bertz CT molecular complexity index is 812. The quantitative estimate of drug-likeness (QED) is 0.776. The van der Waals surface area contributed by atoms with Gasteiger partial charge >= 0.3 is 0 Å². The summed E-state index contributed by atoms with van der Waals surface area (Å²) in [7, 11) is -4.10. The maximum atomic E-state index is 14.0. The molecule has 0 amide bonds. The van der Waals surface area contributed by atoms with E-state index in [1.54, 1.807) is 0 Å². The molecule has 2 aromatic rings. The zero-order valence-electron chi connectivity index (χ0n) is 10.8. The van der Waals surface area contributed by atoms with Gasteiger partial charge in [0.2, 0.25) is 0 Å². The number of nitrogens with two attached hydrogens (primary N) is 1. The van der Waals surface area contributed by atoms with Gasteiger partial charge in [0, 0.05) is 15.2 Å². The Morgan fingerprint density at radius 2 is 1.95 bits per heavy atom. The summed E-state index contributed by atoms with van der Waals surface area (Å²) in [5.41, 5.74) is 6.16. The van der Waals surface area contributed by atoms with E-state index in [9.17, 15) is 12.8 Å². The monoisotopic (exact) mass is 392 g/mol. The van der Waals surface area contributed by atoms with Crippen LogP contribution < -0.4 is 10.5 Å². The second-order valence-corrected chi connectivity index (χ2v) is 7.32. The fraction of sp³-hybridized carbons (Fsp3) is 0.0769. The summed E-state index contributed by atoms with van der Waals surface area (Å²) >= 11 is 8.98. The Morgan fingerprint density at radius 1 is 1.29 bits per heavy atom. The molecule has 0 radical (unpaired) electrons. The Balaban J connectivity index is 2.48. The van der Waals surface area contributed by atoms with Gasteiger partial charge in [-0.2, -0.15) is 0 Å². The molecule has 8 heteroatoms. The molecule has 112 valence electrons. The number of aryl methyl sites for hydroxylation is 1. The van der Waals surface area contributed by atoms with Gasteiger partial charge in [0.05, 0.1) is 5.69 Å². The molecule has 0 aliphatic rings. The van der Waals surface area contributed by atoms with Gasteiger partial charge < -0.3 is 5.73 Å². The number of hydrogen-bond acceptors (Lipinski definition) is 3. The lowest BCUT2D eigenvalue weighted by Crippen LogP contribution is -2.16. The SMILES string of the molecule is Cc1cc(N)cc(S(=O)(=O)Nc2ccc(Cl)cc2Br)c1F. The summed E-state index contributed by atoms with van der Waals surface area (Å²) in [6, 6.07) is 6.97. The number of benzene rings is 2. The van der Waals surface area contributed by atoms with Crippen LogP contribution in [0, 0.1) is 12.7 Å². The van der Waals surface area contributed by atoms with Crippen molar-refractivity contribution in [3.63, 3.8) is 0 Å². The maximum absolute atomic E-state index is 14.0. The number of sulfonamides is 1. The van der Waals surface area contributed by atoms with Crippen LogP contribution in [0.3, 0.4) is 0 Å². The third-order valence-corrected chi connectivity index (χ3v) is 4.96. The summed E-state index contributed by atoms with van der Waals surface area (Å²) in [6.07, 6.45) is 0. The van der Waals surface area contributed by atoms with Gasteiger partial charge in [-0.25, -0.2) is 12.8 Å². The molecular formula is C13H11BrClFN2O2S. The van der Waals surface area contributed by atoms with E-state index < -0.39 is 20.7 Å². The Kier molecular flexibility index (Phi) is 4.46. The molecule has 21 heavy (non-hydrogen) atoms. The van der Waals surface area contributed by atoms with Crippen LogP contribution in [-0.4, -0.2) is 8.42 Å². The summed E-state index contributed by atoms with van der Waals surface area (Å²) < 4.78 is 41.4. The van der Waals surface area contributed by atoms with Crippen molar-refractivity contribution < 1.29 is 12.8 Å². The summed E-state index contributed by atoms with van der Waals surface area (Å²) in [5.74, 6) is -0.832. The summed E-state index contributed by atoms with van der Waals surface area (Å²) in [6.45, 7) is 1.45. The number of rotatable bonds is 3.